The monoisotopic (exact) mass is 158 g/mol. The van der Waals surface area contributed by atoms with E-state index >= 15 is 0 Å². The summed E-state index contributed by atoms with van der Waals surface area (Å²) in [4.78, 5) is 0. The van der Waals surface area contributed by atoms with Crippen LogP contribution >= 0.6 is 12.6 Å². The third-order valence-corrected chi connectivity index (χ3v) is 2.90. The maximum Gasteiger partial charge on any atom is 0.0606 e. The highest BCUT2D eigenvalue weighted by molar-refractivity contribution is 7.80. The molecule has 1 nitrogen and oxygen atoms in total. The van der Waals surface area contributed by atoms with Crippen LogP contribution in [0.5, 0.6) is 0 Å². The van der Waals surface area contributed by atoms with Crippen molar-refractivity contribution in [2.24, 2.45) is 5.92 Å². The molecule has 2 atom stereocenters. The molecule has 3 aliphatic rings. The number of hydrogen-bond donors (Lipinski definition) is 1. The predicted molar refractivity (Wildman–Crippen MR) is 44.5 cm³/mol. The minimum absolute atomic E-state index is 0.628. The van der Waals surface area contributed by atoms with Crippen LogP contribution < -0.4 is 0 Å². The molecule has 0 aromatic rings. The Morgan fingerprint density at radius 2 is 1.80 bits per heavy atom. The first-order valence-corrected chi connectivity index (χ1v) is 4.78. The second-order valence-electron chi connectivity index (χ2n) is 3.47. The van der Waals surface area contributed by atoms with Gasteiger partial charge in [0.1, 0.15) is 0 Å². The zero-order valence-corrected chi connectivity index (χ0v) is 7.02. The molecule has 0 N–H and O–H groups in total. The van der Waals surface area contributed by atoms with Gasteiger partial charge in [-0.05, 0) is 37.4 Å². The normalized spacial score (nSPS) is 44.7. The molecule has 0 aromatic heterocycles. The van der Waals surface area contributed by atoms with Gasteiger partial charge in [-0.15, -0.1) is 0 Å². The zero-order valence-electron chi connectivity index (χ0n) is 6.12. The molecule has 3 rings (SSSR count). The van der Waals surface area contributed by atoms with Crippen LogP contribution in [0.2, 0.25) is 0 Å². The van der Waals surface area contributed by atoms with Crippen molar-refractivity contribution in [2.45, 2.75) is 37.9 Å². The van der Waals surface area contributed by atoms with Crippen molar-refractivity contribution in [1.82, 2.24) is 0 Å². The Balaban J connectivity index is 1.80. The van der Waals surface area contributed by atoms with Crippen molar-refractivity contribution in [3.63, 3.8) is 0 Å². The lowest BCUT2D eigenvalue weighted by Gasteiger charge is -2.45. The van der Waals surface area contributed by atoms with Gasteiger partial charge in [-0.3, -0.25) is 0 Å². The standard InChI is InChI=1S/C8H14OS/c10-2-1-6-3-7-5-8(4-6)9-7/h6-8,10H,1-5H2. The van der Waals surface area contributed by atoms with Gasteiger partial charge < -0.3 is 4.74 Å². The fraction of sp³-hybridized carbons (Fsp3) is 1.00. The third kappa shape index (κ3) is 1.19. The molecule has 2 bridgehead atoms. The van der Waals surface area contributed by atoms with Crippen molar-refractivity contribution >= 4 is 12.6 Å². The maximum atomic E-state index is 5.53. The summed E-state index contributed by atoms with van der Waals surface area (Å²) in [5.41, 5.74) is 0. The molecule has 10 heavy (non-hydrogen) atoms. The second-order valence-corrected chi connectivity index (χ2v) is 3.91. The summed E-state index contributed by atoms with van der Waals surface area (Å²) in [7, 11) is 0. The summed E-state index contributed by atoms with van der Waals surface area (Å²) in [6.45, 7) is 0. The molecule has 1 aliphatic carbocycles. The largest absolute Gasteiger partial charge is 0.375 e. The van der Waals surface area contributed by atoms with Crippen molar-refractivity contribution in [1.29, 1.82) is 0 Å². The quantitative estimate of drug-likeness (QED) is 0.604. The number of rotatable bonds is 2. The highest BCUT2D eigenvalue weighted by Gasteiger charge is 2.38. The summed E-state index contributed by atoms with van der Waals surface area (Å²) >= 11 is 4.23. The SMILES string of the molecule is SCCC1CC2CC(C1)O2. The molecule has 0 radical (unpaired) electrons. The number of fused-ring (bicyclic) bond motifs is 2. The van der Waals surface area contributed by atoms with Crippen LogP contribution in [0.15, 0.2) is 0 Å². The fourth-order valence-electron chi connectivity index (χ4n) is 2.12. The summed E-state index contributed by atoms with van der Waals surface area (Å²) in [5.74, 6) is 1.97. The first kappa shape index (κ1) is 6.99. The summed E-state index contributed by atoms with van der Waals surface area (Å²) in [5, 5.41) is 0. The first-order valence-electron chi connectivity index (χ1n) is 4.15. The Hall–Kier alpha value is 0.310. The van der Waals surface area contributed by atoms with Gasteiger partial charge in [-0.1, -0.05) is 0 Å². The van der Waals surface area contributed by atoms with Crippen molar-refractivity contribution in [3.8, 4) is 0 Å². The molecule has 2 unspecified atom stereocenters. The summed E-state index contributed by atoms with van der Waals surface area (Å²) in [6.07, 6.45) is 6.49. The highest BCUT2D eigenvalue weighted by Crippen LogP contribution is 2.39. The van der Waals surface area contributed by atoms with Gasteiger partial charge in [-0.2, -0.15) is 12.6 Å². The van der Waals surface area contributed by atoms with E-state index in [2.05, 4.69) is 12.6 Å². The molecule has 2 saturated heterocycles. The lowest BCUT2D eigenvalue weighted by Crippen LogP contribution is -2.45. The van der Waals surface area contributed by atoms with E-state index in [1.54, 1.807) is 0 Å². The molecule has 1 saturated carbocycles. The fourth-order valence-corrected chi connectivity index (χ4v) is 2.48. The maximum absolute atomic E-state index is 5.53. The summed E-state index contributed by atoms with van der Waals surface area (Å²) < 4.78 is 5.53. The van der Waals surface area contributed by atoms with E-state index < -0.39 is 0 Å². The molecule has 58 valence electrons. The van der Waals surface area contributed by atoms with E-state index in [9.17, 15) is 0 Å². The van der Waals surface area contributed by atoms with Crippen LogP contribution in [0.3, 0.4) is 0 Å². The molecular weight excluding hydrogens is 144 g/mol. The zero-order chi connectivity index (χ0) is 6.97. The molecule has 3 fully saturated rings. The second kappa shape index (κ2) is 2.74. The van der Waals surface area contributed by atoms with E-state index in [0.717, 1.165) is 11.7 Å². The first-order chi connectivity index (χ1) is 4.88. The van der Waals surface area contributed by atoms with E-state index in [0.29, 0.717) is 12.2 Å². The average molecular weight is 158 g/mol. The van der Waals surface area contributed by atoms with Crippen LogP contribution in [0.1, 0.15) is 25.7 Å². The van der Waals surface area contributed by atoms with E-state index in [-0.39, 0.29) is 0 Å². The third-order valence-electron chi connectivity index (χ3n) is 2.64. The smallest absolute Gasteiger partial charge is 0.0606 e. The molecule has 2 aliphatic heterocycles. The van der Waals surface area contributed by atoms with Crippen molar-refractivity contribution in [3.05, 3.63) is 0 Å². The average Bonchev–Trinajstić information content (AvgIpc) is 1.87. The van der Waals surface area contributed by atoms with Gasteiger partial charge in [0.05, 0.1) is 12.2 Å². The Kier molecular flexibility index (Phi) is 1.92. The van der Waals surface area contributed by atoms with Crippen molar-refractivity contribution < 1.29 is 4.74 Å². The van der Waals surface area contributed by atoms with Crippen LogP contribution in [-0.2, 0) is 4.74 Å². The van der Waals surface area contributed by atoms with Gasteiger partial charge in [0, 0.05) is 0 Å². The molecule has 0 amide bonds. The van der Waals surface area contributed by atoms with E-state index in [1.165, 1.54) is 25.7 Å². The Labute approximate surface area is 67.6 Å². The molecular formula is C8H14OS. The lowest BCUT2D eigenvalue weighted by atomic mass is 9.79. The molecule has 0 aromatic carbocycles. The van der Waals surface area contributed by atoms with Crippen LogP contribution in [-0.4, -0.2) is 18.0 Å². The summed E-state index contributed by atoms with van der Waals surface area (Å²) in [6, 6.07) is 0. The highest BCUT2D eigenvalue weighted by atomic mass is 32.1. The van der Waals surface area contributed by atoms with E-state index in [1.807, 2.05) is 0 Å². The van der Waals surface area contributed by atoms with Crippen LogP contribution in [0.25, 0.3) is 0 Å². The van der Waals surface area contributed by atoms with E-state index in [4.69, 9.17) is 4.74 Å². The number of ether oxygens (including phenoxy) is 1. The molecule has 2 heteroatoms. The van der Waals surface area contributed by atoms with Gasteiger partial charge in [0.15, 0.2) is 0 Å². The van der Waals surface area contributed by atoms with Crippen molar-refractivity contribution in [2.75, 3.05) is 5.75 Å². The molecule has 2 heterocycles. The van der Waals surface area contributed by atoms with Crippen LogP contribution in [0.4, 0.5) is 0 Å². The molecule has 0 spiro atoms. The minimum atomic E-state index is 0.628. The van der Waals surface area contributed by atoms with Gasteiger partial charge in [0.25, 0.3) is 0 Å². The van der Waals surface area contributed by atoms with Gasteiger partial charge in [0.2, 0.25) is 0 Å². The lowest BCUT2D eigenvalue weighted by molar-refractivity contribution is -0.172. The topological polar surface area (TPSA) is 9.23 Å². The van der Waals surface area contributed by atoms with Gasteiger partial charge in [-0.25, -0.2) is 0 Å². The Bertz CT molecular complexity index is 110. The Morgan fingerprint density at radius 3 is 2.30 bits per heavy atom. The predicted octanol–water partition coefficient (Wildman–Crippen LogP) is 1.87. The van der Waals surface area contributed by atoms with Gasteiger partial charge >= 0.3 is 0 Å². The number of thiol groups is 1. The Morgan fingerprint density at radius 1 is 1.20 bits per heavy atom. The minimum Gasteiger partial charge on any atom is -0.375 e. The number of hydrogen-bond acceptors (Lipinski definition) is 2. The van der Waals surface area contributed by atoms with Crippen LogP contribution in [0, 0.1) is 5.92 Å².